The maximum Gasteiger partial charge on any atom is 0.250 e. The Labute approximate surface area is 155 Å². The van der Waals surface area contributed by atoms with E-state index in [2.05, 4.69) is 0 Å². The van der Waals surface area contributed by atoms with Crippen LogP contribution >= 0.6 is 0 Å². The van der Waals surface area contributed by atoms with E-state index in [9.17, 15) is 25.7 Å². The maximum absolute atomic E-state index is 12.1. The molecule has 1 unspecified atom stereocenters. The number of piperidine rings is 1. The molecule has 1 aromatic heterocycles. The van der Waals surface area contributed by atoms with E-state index in [0.29, 0.717) is 25.3 Å². The first-order valence-electron chi connectivity index (χ1n) is 8.68. The van der Waals surface area contributed by atoms with E-state index in [0.717, 1.165) is 12.1 Å². The second kappa shape index (κ2) is 6.53. The van der Waals surface area contributed by atoms with E-state index in [1.165, 1.54) is 12.1 Å². The number of nitriles is 2. The third-order valence-corrected chi connectivity index (χ3v) is 5.43. The predicted molar refractivity (Wildman–Crippen MR) is 95.4 cm³/mol. The number of rotatable bonds is 2. The van der Waals surface area contributed by atoms with Crippen LogP contribution in [0.5, 0.6) is 0 Å². The summed E-state index contributed by atoms with van der Waals surface area (Å²) in [6.45, 7) is 1.77. The molecule has 1 saturated heterocycles. The zero-order chi connectivity index (χ0) is 19.1. The number of pyridine rings is 1. The number of hydrogen-bond donors (Lipinski definition) is 2. The van der Waals surface area contributed by atoms with E-state index in [1.54, 1.807) is 12.1 Å². The molecule has 0 aliphatic carbocycles. The van der Waals surface area contributed by atoms with Gasteiger partial charge in [0.15, 0.2) is 5.69 Å². The van der Waals surface area contributed by atoms with Gasteiger partial charge in [-0.2, -0.15) is 15.8 Å². The van der Waals surface area contributed by atoms with Gasteiger partial charge in [0, 0.05) is 43.4 Å². The lowest BCUT2D eigenvalue weighted by Gasteiger charge is -2.44. The summed E-state index contributed by atoms with van der Waals surface area (Å²) in [5, 5.41) is 38.7. The largest absolute Gasteiger partial charge is 0.595 e. The molecule has 0 amide bonds. The van der Waals surface area contributed by atoms with Gasteiger partial charge in [0.25, 0.3) is 5.56 Å². The van der Waals surface area contributed by atoms with Crippen molar-refractivity contribution in [3.8, 4) is 12.1 Å². The lowest BCUT2D eigenvalue weighted by Crippen LogP contribution is -2.99. The molecule has 3 heterocycles. The van der Waals surface area contributed by atoms with Crippen LogP contribution in [-0.2, 0) is 6.54 Å². The van der Waals surface area contributed by atoms with Crippen LogP contribution in [0.15, 0.2) is 35.1 Å². The molecule has 2 aliphatic rings. The highest BCUT2D eigenvalue weighted by Crippen LogP contribution is 2.39. The van der Waals surface area contributed by atoms with Crippen LogP contribution in [0.2, 0.25) is 0 Å². The summed E-state index contributed by atoms with van der Waals surface area (Å²) in [6, 6.07) is 11.9. The highest BCUT2D eigenvalue weighted by Gasteiger charge is 2.36. The Hall–Kier alpha value is -3.17. The highest BCUT2D eigenvalue weighted by molar-refractivity contribution is 5.70. The van der Waals surface area contributed by atoms with Crippen molar-refractivity contribution >= 4 is 11.4 Å². The number of anilines is 1. The molecular weight excluding hydrogens is 346 g/mol. The van der Waals surface area contributed by atoms with Gasteiger partial charge in [-0.3, -0.25) is 4.79 Å². The van der Waals surface area contributed by atoms with Crippen LogP contribution in [0, 0.1) is 33.8 Å². The molecule has 1 aromatic carbocycles. The molecule has 0 saturated carbocycles. The molecule has 27 heavy (non-hydrogen) atoms. The zero-order valence-electron chi connectivity index (χ0n) is 14.4. The van der Waals surface area contributed by atoms with Crippen molar-refractivity contribution in [3.05, 3.63) is 62.7 Å². The summed E-state index contributed by atoms with van der Waals surface area (Å²) >= 11 is 0. The van der Waals surface area contributed by atoms with Gasteiger partial charge < -0.3 is 14.7 Å². The first kappa shape index (κ1) is 17.3. The van der Waals surface area contributed by atoms with Crippen LogP contribution in [0.4, 0.5) is 11.4 Å². The molecule has 2 N–H and O–H groups in total. The molecule has 4 rings (SSSR count). The van der Waals surface area contributed by atoms with Crippen LogP contribution in [-0.4, -0.2) is 22.9 Å². The topological polar surface area (TPSA) is 121 Å². The third-order valence-electron chi connectivity index (χ3n) is 5.43. The summed E-state index contributed by atoms with van der Waals surface area (Å²) in [5.74, 6) is 0.341. The average Bonchev–Trinajstić information content (AvgIpc) is 2.67. The Bertz CT molecular complexity index is 1050. The van der Waals surface area contributed by atoms with E-state index in [-0.39, 0.29) is 34.2 Å². The Morgan fingerprint density at radius 1 is 1.15 bits per heavy atom. The quantitative estimate of drug-likeness (QED) is 0.755. The first-order valence-corrected chi connectivity index (χ1v) is 8.68. The normalized spacial score (nSPS) is 21.7. The molecule has 0 spiro atoms. The van der Waals surface area contributed by atoms with Gasteiger partial charge in [-0.15, -0.1) is 0 Å². The number of nitrogens with one attached hydrogen (secondary N) is 1. The monoisotopic (exact) mass is 363 g/mol. The van der Waals surface area contributed by atoms with Crippen molar-refractivity contribution in [2.75, 3.05) is 18.0 Å². The maximum atomic E-state index is 12.1. The van der Waals surface area contributed by atoms with Crippen molar-refractivity contribution < 1.29 is 10.4 Å². The number of aromatic nitrogens is 1. The summed E-state index contributed by atoms with van der Waals surface area (Å²) in [7, 11) is 0. The number of benzene rings is 1. The zero-order valence-corrected chi connectivity index (χ0v) is 14.4. The minimum Gasteiger partial charge on any atom is -0.595 e. The van der Waals surface area contributed by atoms with Crippen LogP contribution in [0.1, 0.15) is 29.2 Å². The van der Waals surface area contributed by atoms with Crippen LogP contribution in [0.25, 0.3) is 0 Å². The standard InChI is InChI=1S/C19H17N5O3/c20-7-13-5-17(18(24(26)27)6-14(13)8-21)22-9-12-4-15(11-22)16-2-1-3-19(25)23(16)10-12/h1-3,5-6,12,15,24,26H,4,9-11H2/t12-,15-/m0/s1. The van der Waals surface area contributed by atoms with E-state index in [1.807, 2.05) is 27.7 Å². The number of quaternary nitrogens is 1. The van der Waals surface area contributed by atoms with Crippen LogP contribution in [0.3, 0.4) is 0 Å². The Balaban J connectivity index is 1.77. The Morgan fingerprint density at radius 2 is 1.89 bits per heavy atom. The highest BCUT2D eigenvalue weighted by atomic mass is 16.8. The average molecular weight is 363 g/mol. The predicted octanol–water partition coefficient (Wildman–Crippen LogP) is 0.619. The second-order valence-corrected chi connectivity index (χ2v) is 7.05. The lowest BCUT2D eigenvalue weighted by atomic mass is 9.82. The lowest BCUT2D eigenvalue weighted by molar-refractivity contribution is -0.990. The minimum atomic E-state index is -1.13. The number of nitrogens with zero attached hydrogens (tertiary/aromatic N) is 4. The molecule has 2 aliphatic heterocycles. The van der Waals surface area contributed by atoms with Crippen LogP contribution < -0.4 is 15.7 Å². The fourth-order valence-corrected chi connectivity index (χ4v) is 4.30. The smallest absolute Gasteiger partial charge is 0.250 e. The number of fused-ring (bicyclic) bond motifs is 4. The SMILES string of the molecule is N#Cc1cc(N2C[C@@H]3C[C@@H](C2)c2cccc(=O)n2C3)c([NH+]([O-])O)cc1C#N. The summed E-state index contributed by atoms with van der Waals surface area (Å²) in [5.41, 5.74) is 1.68. The van der Waals surface area contributed by atoms with Crippen molar-refractivity contribution in [1.29, 1.82) is 10.5 Å². The fraction of sp³-hybridized carbons (Fsp3) is 0.316. The van der Waals surface area contributed by atoms with Gasteiger partial charge in [-0.25, -0.2) is 5.21 Å². The summed E-state index contributed by atoms with van der Waals surface area (Å²) < 4.78 is 1.81. The van der Waals surface area contributed by atoms with E-state index < -0.39 is 5.23 Å². The molecule has 8 heteroatoms. The van der Waals surface area contributed by atoms with Gasteiger partial charge in [0.2, 0.25) is 0 Å². The second-order valence-electron chi connectivity index (χ2n) is 7.05. The van der Waals surface area contributed by atoms with Gasteiger partial charge >= 0.3 is 0 Å². The van der Waals surface area contributed by atoms with Gasteiger partial charge in [0.1, 0.15) is 17.8 Å². The molecule has 2 aromatic rings. The molecular formula is C19H17N5O3. The molecule has 8 nitrogen and oxygen atoms in total. The van der Waals surface area contributed by atoms with E-state index in [4.69, 9.17) is 0 Å². The first-order chi connectivity index (χ1) is 13.0. The van der Waals surface area contributed by atoms with Gasteiger partial charge in [-0.1, -0.05) is 6.07 Å². The fourth-order valence-electron chi connectivity index (χ4n) is 4.30. The van der Waals surface area contributed by atoms with E-state index >= 15 is 0 Å². The molecule has 1 fully saturated rings. The Morgan fingerprint density at radius 3 is 2.59 bits per heavy atom. The summed E-state index contributed by atoms with van der Waals surface area (Å²) in [4.78, 5) is 14.1. The van der Waals surface area contributed by atoms with Crippen molar-refractivity contribution in [3.63, 3.8) is 0 Å². The third kappa shape index (κ3) is 2.86. The molecule has 136 valence electrons. The van der Waals surface area contributed by atoms with Crippen molar-refractivity contribution in [1.82, 2.24) is 4.57 Å². The number of hydrogen-bond acceptors (Lipinski definition) is 6. The minimum absolute atomic E-state index is 0.00739. The molecule has 3 atom stereocenters. The van der Waals surface area contributed by atoms with Crippen molar-refractivity contribution in [2.24, 2.45) is 5.92 Å². The molecule has 0 radical (unpaired) electrons. The Kier molecular flexibility index (Phi) is 4.17. The van der Waals surface area contributed by atoms with Crippen molar-refractivity contribution in [2.45, 2.75) is 18.9 Å². The molecule has 2 bridgehead atoms. The van der Waals surface area contributed by atoms with Gasteiger partial charge in [0.05, 0.1) is 11.1 Å². The van der Waals surface area contributed by atoms with Gasteiger partial charge in [-0.05, 0) is 24.5 Å². The summed E-state index contributed by atoms with van der Waals surface area (Å²) in [6.07, 6.45) is 0.948.